The highest BCUT2D eigenvalue weighted by Gasteiger charge is 2.43. The number of ether oxygens (including phenoxy) is 1. The molecule has 23 heavy (non-hydrogen) atoms. The Balaban J connectivity index is 1.86. The van der Waals surface area contributed by atoms with Crippen LogP contribution in [0, 0.1) is 5.92 Å². The number of rotatable bonds is 5. The third kappa shape index (κ3) is 4.22. The van der Waals surface area contributed by atoms with Gasteiger partial charge in [-0.3, -0.25) is 14.5 Å². The highest BCUT2D eigenvalue weighted by molar-refractivity contribution is 5.80. The van der Waals surface area contributed by atoms with E-state index in [1.54, 1.807) is 19.1 Å². The van der Waals surface area contributed by atoms with Gasteiger partial charge in [0, 0.05) is 53.8 Å². The lowest BCUT2D eigenvalue weighted by atomic mass is 10.0. The summed E-state index contributed by atoms with van der Waals surface area (Å²) in [4.78, 5) is 29.9. The SMILES string of the molecule is COCCN1CCN(C(=O)[C@@H]2CC[C@@H](N(C)C(C)=O)[C@H]2O)CC1. The van der Waals surface area contributed by atoms with Gasteiger partial charge < -0.3 is 19.6 Å². The lowest BCUT2D eigenvalue weighted by molar-refractivity contribution is -0.142. The normalized spacial score (nSPS) is 28.9. The highest BCUT2D eigenvalue weighted by Crippen LogP contribution is 2.31. The standard InChI is InChI=1S/C16H29N3O4/c1-12(20)17(2)14-5-4-13(15(14)21)16(22)19-8-6-18(7-9-19)10-11-23-3/h13-15,21H,4-11H2,1-3H3/t13-,14-,15+/m1/s1. The molecule has 1 aliphatic heterocycles. The summed E-state index contributed by atoms with van der Waals surface area (Å²) in [6.07, 6.45) is 0.566. The van der Waals surface area contributed by atoms with Crippen LogP contribution >= 0.6 is 0 Å². The van der Waals surface area contributed by atoms with E-state index >= 15 is 0 Å². The lowest BCUT2D eigenvalue weighted by Crippen LogP contribution is -2.52. The second-order valence-corrected chi connectivity index (χ2v) is 6.53. The summed E-state index contributed by atoms with van der Waals surface area (Å²) < 4.78 is 5.08. The molecule has 1 saturated heterocycles. The van der Waals surface area contributed by atoms with Gasteiger partial charge in [-0.15, -0.1) is 0 Å². The molecule has 0 unspecified atom stereocenters. The first-order valence-electron chi connectivity index (χ1n) is 8.37. The summed E-state index contributed by atoms with van der Waals surface area (Å²) in [5, 5.41) is 10.5. The molecule has 1 saturated carbocycles. The van der Waals surface area contributed by atoms with Crippen LogP contribution in [0.3, 0.4) is 0 Å². The molecule has 0 radical (unpaired) electrons. The van der Waals surface area contributed by atoms with Crippen molar-refractivity contribution in [2.24, 2.45) is 5.92 Å². The Hall–Kier alpha value is -1.18. The summed E-state index contributed by atoms with van der Waals surface area (Å²) in [5.74, 6) is -0.426. The first kappa shape index (κ1) is 18.2. The largest absolute Gasteiger partial charge is 0.390 e. The van der Waals surface area contributed by atoms with Gasteiger partial charge in [0.05, 0.1) is 24.7 Å². The number of amides is 2. The van der Waals surface area contributed by atoms with Crippen LogP contribution < -0.4 is 0 Å². The Morgan fingerprint density at radius 2 is 1.87 bits per heavy atom. The molecule has 1 aliphatic carbocycles. The van der Waals surface area contributed by atoms with E-state index in [0.29, 0.717) is 32.5 Å². The maximum Gasteiger partial charge on any atom is 0.228 e. The number of aliphatic hydroxyl groups excluding tert-OH is 1. The average molecular weight is 327 g/mol. The maximum absolute atomic E-state index is 12.7. The van der Waals surface area contributed by atoms with Gasteiger partial charge in [0.15, 0.2) is 0 Å². The third-order valence-electron chi connectivity index (χ3n) is 5.19. The fraction of sp³-hybridized carbons (Fsp3) is 0.875. The quantitative estimate of drug-likeness (QED) is 0.730. The Morgan fingerprint density at radius 3 is 2.43 bits per heavy atom. The number of piperazine rings is 1. The van der Waals surface area contributed by atoms with Crippen molar-refractivity contribution in [2.75, 3.05) is 53.5 Å². The molecule has 3 atom stereocenters. The zero-order valence-corrected chi connectivity index (χ0v) is 14.4. The van der Waals surface area contributed by atoms with Gasteiger partial charge in [-0.2, -0.15) is 0 Å². The van der Waals surface area contributed by atoms with E-state index in [0.717, 1.165) is 19.6 Å². The van der Waals surface area contributed by atoms with Crippen LogP contribution in [0.25, 0.3) is 0 Å². The Labute approximate surface area is 138 Å². The fourth-order valence-electron chi connectivity index (χ4n) is 3.53. The average Bonchev–Trinajstić information content (AvgIpc) is 2.93. The number of methoxy groups -OCH3 is 1. The summed E-state index contributed by atoms with van der Waals surface area (Å²) in [5.41, 5.74) is 0. The molecule has 0 aromatic heterocycles. The molecule has 7 nitrogen and oxygen atoms in total. The van der Waals surface area contributed by atoms with Gasteiger partial charge in [-0.05, 0) is 12.8 Å². The monoisotopic (exact) mass is 327 g/mol. The van der Waals surface area contributed by atoms with E-state index < -0.39 is 6.10 Å². The predicted molar refractivity (Wildman–Crippen MR) is 85.9 cm³/mol. The van der Waals surface area contributed by atoms with Gasteiger partial charge in [0.1, 0.15) is 0 Å². The van der Waals surface area contributed by atoms with Gasteiger partial charge >= 0.3 is 0 Å². The molecule has 2 amide bonds. The van der Waals surface area contributed by atoms with Gasteiger partial charge in [-0.25, -0.2) is 0 Å². The summed E-state index contributed by atoms with van der Waals surface area (Å²) in [6.45, 7) is 6.15. The number of likely N-dealkylation sites (N-methyl/N-ethyl adjacent to an activating group) is 1. The molecular weight excluding hydrogens is 298 g/mol. The molecule has 1 N–H and O–H groups in total. The van der Waals surface area contributed by atoms with Gasteiger partial charge in [0.2, 0.25) is 11.8 Å². The van der Waals surface area contributed by atoms with Crippen molar-refractivity contribution < 1.29 is 19.4 Å². The van der Waals surface area contributed by atoms with Crippen LogP contribution in [-0.4, -0.2) is 97.3 Å². The zero-order chi connectivity index (χ0) is 17.0. The maximum atomic E-state index is 12.7. The third-order valence-corrected chi connectivity index (χ3v) is 5.19. The van der Waals surface area contributed by atoms with Crippen LogP contribution in [0.5, 0.6) is 0 Å². The van der Waals surface area contributed by atoms with Crippen molar-refractivity contribution in [3.8, 4) is 0 Å². The Kier molecular flexibility index (Phi) is 6.38. The van der Waals surface area contributed by atoms with E-state index in [9.17, 15) is 14.7 Å². The summed E-state index contributed by atoms with van der Waals surface area (Å²) >= 11 is 0. The number of carbonyl (C=O) groups excluding carboxylic acids is 2. The minimum atomic E-state index is -0.761. The van der Waals surface area contributed by atoms with Crippen LogP contribution in [0.1, 0.15) is 19.8 Å². The first-order valence-corrected chi connectivity index (χ1v) is 8.37. The lowest BCUT2D eigenvalue weighted by Gasteiger charge is -2.36. The fourth-order valence-corrected chi connectivity index (χ4v) is 3.53. The van der Waals surface area contributed by atoms with E-state index in [4.69, 9.17) is 4.74 Å². The van der Waals surface area contributed by atoms with Crippen LogP contribution in [0.15, 0.2) is 0 Å². The van der Waals surface area contributed by atoms with Crippen molar-refractivity contribution in [1.29, 1.82) is 0 Å². The highest BCUT2D eigenvalue weighted by atomic mass is 16.5. The van der Waals surface area contributed by atoms with Gasteiger partial charge in [0.25, 0.3) is 0 Å². The van der Waals surface area contributed by atoms with Crippen molar-refractivity contribution in [3.05, 3.63) is 0 Å². The van der Waals surface area contributed by atoms with E-state index in [2.05, 4.69) is 4.90 Å². The molecule has 1 heterocycles. The van der Waals surface area contributed by atoms with Crippen molar-refractivity contribution in [3.63, 3.8) is 0 Å². The first-order chi connectivity index (χ1) is 11.0. The smallest absolute Gasteiger partial charge is 0.228 e. The molecule has 2 rings (SSSR count). The zero-order valence-electron chi connectivity index (χ0n) is 14.4. The number of hydrogen-bond donors (Lipinski definition) is 1. The van der Waals surface area contributed by atoms with E-state index in [1.165, 1.54) is 6.92 Å². The van der Waals surface area contributed by atoms with Crippen LogP contribution in [0.2, 0.25) is 0 Å². The number of hydrogen-bond acceptors (Lipinski definition) is 5. The Morgan fingerprint density at radius 1 is 1.22 bits per heavy atom. The molecule has 2 aliphatic rings. The minimum absolute atomic E-state index is 0.0309. The summed E-state index contributed by atoms with van der Waals surface area (Å²) in [7, 11) is 3.38. The minimum Gasteiger partial charge on any atom is -0.390 e. The van der Waals surface area contributed by atoms with Crippen LogP contribution in [-0.2, 0) is 14.3 Å². The van der Waals surface area contributed by atoms with Gasteiger partial charge in [-0.1, -0.05) is 0 Å². The van der Waals surface area contributed by atoms with Crippen molar-refractivity contribution in [2.45, 2.75) is 31.9 Å². The molecule has 7 heteroatoms. The molecule has 0 spiro atoms. The molecular formula is C16H29N3O4. The summed E-state index contributed by atoms with van der Waals surface area (Å²) in [6, 6.07) is -0.246. The number of aliphatic hydroxyl groups is 1. The van der Waals surface area contributed by atoms with E-state index in [1.807, 2.05) is 4.90 Å². The molecule has 132 valence electrons. The number of carbonyl (C=O) groups is 2. The molecule has 0 bridgehead atoms. The Bertz CT molecular complexity index is 424. The number of nitrogens with zero attached hydrogens (tertiary/aromatic N) is 3. The van der Waals surface area contributed by atoms with Crippen molar-refractivity contribution in [1.82, 2.24) is 14.7 Å². The topological polar surface area (TPSA) is 73.3 Å². The predicted octanol–water partition coefficient (Wildman–Crippen LogP) is -0.605. The molecule has 0 aromatic carbocycles. The molecule has 0 aromatic rings. The molecule has 2 fully saturated rings. The second-order valence-electron chi connectivity index (χ2n) is 6.53. The van der Waals surface area contributed by atoms with Crippen LogP contribution in [0.4, 0.5) is 0 Å². The van der Waals surface area contributed by atoms with Crippen molar-refractivity contribution >= 4 is 11.8 Å². The van der Waals surface area contributed by atoms with E-state index in [-0.39, 0.29) is 23.8 Å². The second kappa shape index (κ2) is 8.08.